The quantitative estimate of drug-likeness (QED) is 0.450. The minimum atomic E-state index is -0.465. The van der Waals surface area contributed by atoms with Crippen LogP contribution in [0, 0.1) is 11.8 Å². The lowest BCUT2D eigenvalue weighted by atomic mass is 9.89. The molecule has 0 spiro atoms. The standard InChI is InChI=1S/C25H28N4O3S2/c1-3-15(2)9-21(31)29-25-28-19-11-17(12-20(30)23(19)34-25)24(32)26-13-18-14-33-22(27-18)10-16-7-5-4-6-8-16/h4-8,14-15,17H,3,9-13H2,1-2H3,(H,26,32)(H,28,29,31). The van der Waals surface area contributed by atoms with Crippen LogP contribution in [0.25, 0.3) is 0 Å². The van der Waals surface area contributed by atoms with Gasteiger partial charge in [0.05, 0.1) is 33.7 Å². The first kappa shape index (κ1) is 24.2. The van der Waals surface area contributed by atoms with Gasteiger partial charge in [-0.15, -0.1) is 11.3 Å². The molecule has 1 aliphatic rings. The van der Waals surface area contributed by atoms with E-state index in [1.54, 1.807) is 11.3 Å². The lowest BCUT2D eigenvalue weighted by Gasteiger charge is -2.19. The Labute approximate surface area is 207 Å². The first-order valence-corrected chi connectivity index (χ1v) is 13.2. The van der Waals surface area contributed by atoms with E-state index in [-0.39, 0.29) is 29.9 Å². The molecule has 2 atom stereocenters. The number of Topliss-reactive ketones (excluding diaryl/α,β-unsaturated/α-hetero) is 1. The zero-order chi connectivity index (χ0) is 24.1. The molecule has 3 aromatic rings. The van der Waals surface area contributed by atoms with Crippen molar-refractivity contribution in [1.29, 1.82) is 0 Å². The van der Waals surface area contributed by atoms with Gasteiger partial charge < -0.3 is 10.6 Å². The number of carbonyl (C=O) groups is 3. The maximum Gasteiger partial charge on any atom is 0.226 e. The summed E-state index contributed by atoms with van der Waals surface area (Å²) in [6, 6.07) is 10.1. The van der Waals surface area contributed by atoms with Gasteiger partial charge in [-0.05, 0) is 11.5 Å². The minimum Gasteiger partial charge on any atom is -0.350 e. The second-order valence-corrected chi connectivity index (χ2v) is 10.6. The number of aromatic nitrogens is 2. The van der Waals surface area contributed by atoms with E-state index in [9.17, 15) is 14.4 Å². The smallest absolute Gasteiger partial charge is 0.226 e. The highest BCUT2D eigenvalue weighted by Crippen LogP contribution is 2.32. The Balaban J connectivity index is 1.31. The Bertz CT molecular complexity index is 1170. The van der Waals surface area contributed by atoms with Crippen molar-refractivity contribution in [3.05, 3.63) is 62.5 Å². The Kier molecular flexibility index (Phi) is 7.84. The number of nitrogens with one attached hydrogen (secondary N) is 2. The fourth-order valence-corrected chi connectivity index (χ4v) is 5.59. The van der Waals surface area contributed by atoms with Gasteiger partial charge in [0, 0.05) is 31.1 Å². The zero-order valence-electron chi connectivity index (χ0n) is 19.3. The van der Waals surface area contributed by atoms with Crippen molar-refractivity contribution in [3.63, 3.8) is 0 Å². The van der Waals surface area contributed by atoms with E-state index in [0.717, 1.165) is 23.5 Å². The molecule has 1 aliphatic carbocycles. The molecule has 2 aromatic heterocycles. The molecule has 0 saturated carbocycles. The van der Waals surface area contributed by atoms with Crippen LogP contribution in [0.1, 0.15) is 64.7 Å². The maximum absolute atomic E-state index is 12.8. The third-order valence-electron chi connectivity index (χ3n) is 5.91. The van der Waals surface area contributed by atoms with Crippen LogP contribution >= 0.6 is 22.7 Å². The third kappa shape index (κ3) is 6.15. The topological polar surface area (TPSA) is 101 Å². The number of fused-ring (bicyclic) bond motifs is 1. The van der Waals surface area contributed by atoms with Crippen LogP contribution in [-0.2, 0) is 29.0 Å². The summed E-state index contributed by atoms with van der Waals surface area (Å²) < 4.78 is 0. The second kappa shape index (κ2) is 11.0. The van der Waals surface area contributed by atoms with Crippen molar-refractivity contribution < 1.29 is 14.4 Å². The number of carbonyl (C=O) groups excluding carboxylic acids is 3. The van der Waals surface area contributed by atoms with Crippen LogP contribution in [-0.4, -0.2) is 27.6 Å². The molecule has 0 radical (unpaired) electrons. The Morgan fingerprint density at radius 1 is 1.18 bits per heavy atom. The SMILES string of the molecule is CCC(C)CC(=O)Nc1nc2c(s1)C(=O)CC(C(=O)NCc1csc(Cc3ccccc3)n1)C2. The van der Waals surface area contributed by atoms with Crippen molar-refractivity contribution in [2.75, 3.05) is 5.32 Å². The monoisotopic (exact) mass is 496 g/mol. The lowest BCUT2D eigenvalue weighted by molar-refractivity contribution is -0.125. The van der Waals surface area contributed by atoms with Crippen molar-refractivity contribution in [2.24, 2.45) is 11.8 Å². The summed E-state index contributed by atoms with van der Waals surface area (Å²) in [5, 5.41) is 9.11. The molecule has 2 unspecified atom stereocenters. The summed E-state index contributed by atoms with van der Waals surface area (Å²) in [7, 11) is 0. The van der Waals surface area contributed by atoms with E-state index in [2.05, 4.69) is 32.7 Å². The number of anilines is 1. The van der Waals surface area contributed by atoms with Crippen molar-refractivity contribution in [2.45, 2.75) is 52.5 Å². The van der Waals surface area contributed by atoms with Gasteiger partial charge in [0.25, 0.3) is 0 Å². The van der Waals surface area contributed by atoms with Crippen LogP contribution in [0.5, 0.6) is 0 Å². The van der Waals surface area contributed by atoms with Gasteiger partial charge in [0.2, 0.25) is 11.8 Å². The first-order chi connectivity index (χ1) is 16.4. The number of ketones is 1. The number of benzene rings is 1. The van der Waals surface area contributed by atoms with Crippen LogP contribution in [0.4, 0.5) is 5.13 Å². The summed E-state index contributed by atoms with van der Waals surface area (Å²) in [6.45, 7) is 4.40. The van der Waals surface area contributed by atoms with E-state index in [1.807, 2.05) is 37.4 Å². The van der Waals surface area contributed by atoms with Crippen LogP contribution < -0.4 is 10.6 Å². The molecule has 7 nitrogen and oxygen atoms in total. The van der Waals surface area contributed by atoms with Crippen LogP contribution in [0.3, 0.4) is 0 Å². The first-order valence-electron chi connectivity index (χ1n) is 11.5. The summed E-state index contributed by atoms with van der Waals surface area (Å²) in [5.41, 5.74) is 2.61. The molecule has 0 fully saturated rings. The summed E-state index contributed by atoms with van der Waals surface area (Å²) in [4.78, 5) is 47.2. The Morgan fingerprint density at radius 2 is 1.97 bits per heavy atom. The van der Waals surface area contributed by atoms with Gasteiger partial charge in [0.15, 0.2) is 10.9 Å². The molecule has 4 rings (SSSR count). The van der Waals surface area contributed by atoms with E-state index >= 15 is 0 Å². The molecule has 1 aromatic carbocycles. The maximum atomic E-state index is 12.8. The van der Waals surface area contributed by atoms with Gasteiger partial charge >= 0.3 is 0 Å². The highest BCUT2D eigenvalue weighted by Gasteiger charge is 2.33. The normalized spacial score (nSPS) is 16.1. The van der Waals surface area contributed by atoms with E-state index < -0.39 is 5.92 Å². The van der Waals surface area contributed by atoms with Crippen molar-refractivity contribution >= 4 is 45.4 Å². The molecule has 0 aliphatic heterocycles. The third-order valence-corrected chi connectivity index (χ3v) is 7.86. The zero-order valence-corrected chi connectivity index (χ0v) is 20.9. The molecule has 2 heterocycles. The number of nitrogens with zero attached hydrogens (tertiary/aromatic N) is 2. The Morgan fingerprint density at radius 3 is 2.74 bits per heavy atom. The fourth-order valence-electron chi connectivity index (χ4n) is 3.80. The van der Waals surface area contributed by atoms with Crippen LogP contribution in [0.2, 0.25) is 0 Å². The molecule has 0 saturated heterocycles. The van der Waals surface area contributed by atoms with E-state index in [1.165, 1.54) is 16.9 Å². The lowest BCUT2D eigenvalue weighted by Crippen LogP contribution is -2.35. The van der Waals surface area contributed by atoms with E-state index in [4.69, 9.17) is 0 Å². The molecule has 34 heavy (non-hydrogen) atoms. The van der Waals surface area contributed by atoms with Crippen molar-refractivity contribution in [1.82, 2.24) is 15.3 Å². The summed E-state index contributed by atoms with van der Waals surface area (Å²) >= 11 is 2.78. The fraction of sp³-hybridized carbons (Fsp3) is 0.400. The average Bonchev–Trinajstić information content (AvgIpc) is 3.44. The van der Waals surface area contributed by atoms with Gasteiger partial charge in [-0.2, -0.15) is 0 Å². The van der Waals surface area contributed by atoms with Gasteiger partial charge in [-0.3, -0.25) is 14.4 Å². The van der Waals surface area contributed by atoms with Gasteiger partial charge in [0.1, 0.15) is 0 Å². The molecular weight excluding hydrogens is 468 g/mol. The van der Waals surface area contributed by atoms with Gasteiger partial charge in [-0.1, -0.05) is 61.9 Å². The van der Waals surface area contributed by atoms with E-state index in [0.29, 0.717) is 35.1 Å². The largest absolute Gasteiger partial charge is 0.350 e. The van der Waals surface area contributed by atoms with Crippen LogP contribution in [0.15, 0.2) is 35.7 Å². The van der Waals surface area contributed by atoms with Crippen molar-refractivity contribution in [3.8, 4) is 0 Å². The summed E-state index contributed by atoms with van der Waals surface area (Å²) in [6.07, 6.45) is 2.65. The molecule has 2 amide bonds. The number of amides is 2. The number of thiazole rings is 2. The van der Waals surface area contributed by atoms with Gasteiger partial charge in [-0.25, -0.2) is 9.97 Å². The predicted molar refractivity (Wildman–Crippen MR) is 134 cm³/mol. The second-order valence-electron chi connectivity index (χ2n) is 8.70. The summed E-state index contributed by atoms with van der Waals surface area (Å²) in [5.74, 6) is -0.547. The average molecular weight is 497 g/mol. The highest BCUT2D eigenvalue weighted by atomic mass is 32.1. The number of hydrogen-bond donors (Lipinski definition) is 2. The molecular formula is C25H28N4O3S2. The Hall–Kier alpha value is -2.91. The highest BCUT2D eigenvalue weighted by molar-refractivity contribution is 7.17. The molecule has 0 bridgehead atoms. The molecule has 9 heteroatoms. The number of rotatable bonds is 9. The number of hydrogen-bond acceptors (Lipinski definition) is 7. The predicted octanol–water partition coefficient (Wildman–Crippen LogP) is 4.63. The minimum absolute atomic E-state index is 0.0971. The molecule has 178 valence electrons. The molecule has 2 N–H and O–H groups in total.